The molecule has 2 aliphatic rings. The molecule has 3 atom stereocenters. The van der Waals surface area contributed by atoms with Crippen molar-refractivity contribution in [1.82, 2.24) is 19.9 Å². The van der Waals surface area contributed by atoms with Crippen molar-refractivity contribution < 1.29 is 71.7 Å². The smallest absolute Gasteiger partial charge is 0.548 e. The summed E-state index contributed by atoms with van der Waals surface area (Å²) >= 11 is 0. The molecule has 13 nitrogen and oxygen atoms in total. The third kappa shape index (κ3) is 3.14. The number of ether oxygens (including phenoxy) is 2. The van der Waals surface area contributed by atoms with Crippen LogP contribution in [0.4, 0.5) is 0 Å². The zero-order valence-electron chi connectivity index (χ0n) is 15.9. The second-order valence-corrected chi connectivity index (χ2v) is 9.03. The summed E-state index contributed by atoms with van der Waals surface area (Å²) in [5.74, 6) is -4.50. The van der Waals surface area contributed by atoms with Crippen LogP contribution in [0.3, 0.4) is 0 Å². The summed E-state index contributed by atoms with van der Waals surface area (Å²) in [6.07, 6.45) is -0.351. The Morgan fingerprint density at radius 2 is 1.83 bits per heavy atom. The topological polar surface area (TPSA) is 178 Å². The van der Waals surface area contributed by atoms with Crippen molar-refractivity contribution in [2.75, 3.05) is 14.2 Å². The van der Waals surface area contributed by atoms with Crippen LogP contribution in [0.2, 0.25) is 0 Å². The van der Waals surface area contributed by atoms with Crippen molar-refractivity contribution in [2.45, 2.75) is 36.1 Å². The molecule has 152 valence electrons. The number of aliphatic carboxylic acids is 1. The monoisotopic (exact) mass is 438 g/mol. The molecular weight excluding hydrogens is 423 g/mol. The Kier molecular flexibility index (Phi) is 6.14. The minimum atomic E-state index is -4.19. The van der Waals surface area contributed by atoms with E-state index in [4.69, 9.17) is 0 Å². The number of sulfone groups is 1. The van der Waals surface area contributed by atoms with Gasteiger partial charge in [-0.2, -0.15) is 0 Å². The Bertz CT molecular complexity index is 1010. The number of rotatable bonds is 5. The molecule has 3 heterocycles. The molecule has 1 aromatic heterocycles. The molecule has 2 aliphatic heterocycles. The molecule has 0 N–H and O–H groups in total. The van der Waals surface area contributed by atoms with Crippen LogP contribution in [-0.4, -0.2) is 82.5 Å². The maximum Gasteiger partial charge on any atom is 1.00 e. The number of esters is 2. The molecule has 0 spiro atoms. The number of carbonyl (C=O) groups excluding carboxylic acids is 4. The average Bonchev–Trinajstić information content (AvgIpc) is 3.09. The molecule has 3 rings (SSSR count). The number of carboxylic acids is 1. The summed E-state index contributed by atoms with van der Waals surface area (Å²) in [5.41, 5.74) is -1.04. The number of carbonyl (C=O) groups is 4. The molecule has 1 aromatic rings. The van der Waals surface area contributed by atoms with Gasteiger partial charge in [-0.25, -0.2) is 22.7 Å². The van der Waals surface area contributed by atoms with Crippen LogP contribution in [0.15, 0.2) is 0 Å². The number of nitrogens with zero attached hydrogens (tertiary/aromatic N) is 4. The van der Waals surface area contributed by atoms with E-state index in [0.717, 1.165) is 30.7 Å². The second kappa shape index (κ2) is 7.66. The summed E-state index contributed by atoms with van der Waals surface area (Å²) in [4.78, 5) is 48.2. The molecule has 0 saturated carbocycles. The van der Waals surface area contributed by atoms with Crippen LogP contribution in [0.1, 0.15) is 34.3 Å². The van der Waals surface area contributed by atoms with Crippen molar-refractivity contribution in [3.05, 3.63) is 11.4 Å². The van der Waals surface area contributed by atoms with Gasteiger partial charge in [-0.1, -0.05) is 5.21 Å². The fourth-order valence-corrected chi connectivity index (χ4v) is 5.87. The Hall–Kier alpha value is -2.03. The molecule has 2 fully saturated rings. The van der Waals surface area contributed by atoms with Crippen molar-refractivity contribution in [1.29, 1.82) is 0 Å². The molecule has 0 bridgehead atoms. The third-order valence-corrected chi connectivity index (χ3v) is 7.75. The maximum atomic E-state index is 12.9. The summed E-state index contributed by atoms with van der Waals surface area (Å²) in [7, 11) is -2.14. The quantitative estimate of drug-likeness (QED) is 0.243. The van der Waals surface area contributed by atoms with E-state index >= 15 is 0 Å². The Morgan fingerprint density at radius 3 is 2.31 bits per heavy atom. The first kappa shape index (κ1) is 23.3. The second-order valence-electron chi connectivity index (χ2n) is 6.47. The Labute approximate surface area is 186 Å². The van der Waals surface area contributed by atoms with Crippen LogP contribution in [-0.2, 0) is 35.4 Å². The van der Waals surface area contributed by atoms with E-state index in [-0.39, 0.29) is 36.0 Å². The number of hydrogen-bond acceptors (Lipinski definition) is 11. The minimum absolute atomic E-state index is 0. The zero-order valence-corrected chi connectivity index (χ0v) is 18.8. The van der Waals surface area contributed by atoms with Gasteiger partial charge in [-0.15, -0.1) is 5.10 Å². The fraction of sp³-hybridized carbons (Fsp3) is 0.571. The van der Waals surface area contributed by atoms with Gasteiger partial charge >= 0.3 is 41.5 Å². The van der Waals surface area contributed by atoms with Crippen LogP contribution >= 0.6 is 0 Å². The minimum Gasteiger partial charge on any atom is -0.548 e. The first-order valence-corrected chi connectivity index (χ1v) is 9.41. The zero-order chi connectivity index (χ0) is 21.0. The molecule has 29 heavy (non-hydrogen) atoms. The van der Waals surface area contributed by atoms with Crippen LogP contribution in [0, 0.1) is 0 Å². The van der Waals surface area contributed by atoms with Gasteiger partial charge in [-0.05, 0) is 6.92 Å². The Balaban J connectivity index is 0.00000300. The van der Waals surface area contributed by atoms with E-state index in [9.17, 15) is 32.7 Å². The Morgan fingerprint density at radius 1 is 1.24 bits per heavy atom. The molecule has 0 aromatic carbocycles. The molecule has 15 heteroatoms. The molecule has 0 unspecified atom stereocenters. The van der Waals surface area contributed by atoms with Crippen LogP contribution in [0.25, 0.3) is 0 Å². The van der Waals surface area contributed by atoms with Gasteiger partial charge in [0, 0.05) is 0 Å². The third-order valence-electron chi connectivity index (χ3n) is 4.99. The number of methoxy groups -OCH3 is 2. The summed E-state index contributed by atoms with van der Waals surface area (Å²) in [5, 5.41) is 17.5. The van der Waals surface area contributed by atoms with E-state index < -0.39 is 67.7 Å². The van der Waals surface area contributed by atoms with Crippen LogP contribution in [0.5, 0.6) is 0 Å². The van der Waals surface area contributed by atoms with Gasteiger partial charge < -0.3 is 24.3 Å². The predicted octanol–water partition coefficient (Wildman–Crippen LogP) is -6.28. The van der Waals surface area contributed by atoms with E-state index in [2.05, 4.69) is 19.8 Å². The fourth-order valence-electron chi connectivity index (χ4n) is 3.52. The van der Waals surface area contributed by atoms with Gasteiger partial charge in [0.1, 0.15) is 10.1 Å². The molecule has 1 amide bonds. The van der Waals surface area contributed by atoms with E-state index in [0.29, 0.717) is 0 Å². The molecule has 0 aliphatic carbocycles. The molecule has 2 saturated heterocycles. The van der Waals surface area contributed by atoms with Crippen LogP contribution < -0.4 is 34.7 Å². The standard InChI is InChI=1S/C14H16N4O9S.Na/c1-14(10(11(20)21)18-6(19)4-7(18)28(14,24)25)5-17-9(13(23)27-3)8(15-16-17)12(22)26-2;/h7,10H,4-5H2,1-3H3,(H,20,21);/q;+1/p-1/t7-,10-,14-;/m0./s1. The number of carboxylic acid groups (broad SMARTS) is 1. The summed E-state index contributed by atoms with van der Waals surface area (Å²) < 4.78 is 33.6. The molecular formula is C14H15N4NaO9S. The SMILES string of the molecule is COC(=O)c1nnn(C[C@@]2(C)[C@H](C(=O)[O-])N3C(=O)C[C@@H]3S2(=O)=O)c1C(=O)OC.[Na+]. The van der Waals surface area contributed by atoms with E-state index in [1.165, 1.54) is 0 Å². The molecule has 0 radical (unpaired) electrons. The van der Waals surface area contributed by atoms with E-state index in [1.54, 1.807) is 0 Å². The predicted molar refractivity (Wildman–Crippen MR) is 84.1 cm³/mol. The summed E-state index contributed by atoms with van der Waals surface area (Å²) in [6.45, 7) is 0.414. The largest absolute Gasteiger partial charge is 1.00 e. The van der Waals surface area contributed by atoms with E-state index in [1.807, 2.05) is 0 Å². The van der Waals surface area contributed by atoms with Crippen molar-refractivity contribution in [3.63, 3.8) is 0 Å². The first-order chi connectivity index (χ1) is 13.0. The average molecular weight is 438 g/mol. The number of fused-ring (bicyclic) bond motifs is 1. The number of aromatic nitrogens is 3. The first-order valence-electron chi connectivity index (χ1n) is 7.86. The van der Waals surface area contributed by atoms with Crippen molar-refractivity contribution >= 4 is 33.7 Å². The van der Waals surface area contributed by atoms with Gasteiger partial charge in [0.05, 0.1) is 39.2 Å². The van der Waals surface area contributed by atoms with Crippen molar-refractivity contribution in [3.8, 4) is 0 Å². The van der Waals surface area contributed by atoms with Gasteiger partial charge in [-0.3, -0.25) is 4.79 Å². The normalized spacial score (nSPS) is 26.7. The van der Waals surface area contributed by atoms with Crippen molar-refractivity contribution in [2.24, 2.45) is 0 Å². The number of hydrogen-bond donors (Lipinski definition) is 0. The van der Waals surface area contributed by atoms with Gasteiger partial charge in [0.2, 0.25) is 11.6 Å². The number of amides is 1. The summed E-state index contributed by atoms with van der Waals surface area (Å²) in [6, 6.07) is -1.81. The number of β-lactam (4-membered cyclic amide) rings is 1. The van der Waals surface area contributed by atoms with Gasteiger partial charge in [0.25, 0.3) is 0 Å². The maximum absolute atomic E-state index is 12.9. The van der Waals surface area contributed by atoms with Gasteiger partial charge in [0.15, 0.2) is 15.5 Å².